The van der Waals surface area contributed by atoms with E-state index in [9.17, 15) is 9.59 Å². The van der Waals surface area contributed by atoms with Crippen molar-refractivity contribution in [2.24, 2.45) is 0 Å². The lowest BCUT2D eigenvalue weighted by Crippen LogP contribution is -2.17. The number of aryl methyl sites for hydroxylation is 1. The average Bonchev–Trinajstić information content (AvgIpc) is 3.01. The molecule has 0 unspecified atom stereocenters. The van der Waals surface area contributed by atoms with Crippen LogP contribution in [0.4, 0.5) is 4.79 Å². The molecule has 3 rings (SSSR count). The summed E-state index contributed by atoms with van der Waals surface area (Å²) >= 11 is 7.06. The number of benzene rings is 1. The zero-order valence-corrected chi connectivity index (χ0v) is 12.7. The third kappa shape index (κ3) is 2.75. The third-order valence-corrected chi connectivity index (χ3v) is 4.35. The highest BCUT2D eigenvalue weighted by Gasteiger charge is 2.25. The van der Waals surface area contributed by atoms with Gasteiger partial charge in [0, 0.05) is 22.6 Å². The number of amides is 2. The Morgan fingerprint density at radius 2 is 2.10 bits per heavy atom. The maximum Gasteiger partial charge on any atom is 0.290 e. The molecular weight excluding hydrogens is 308 g/mol. The molecule has 106 valence electrons. The van der Waals surface area contributed by atoms with Crippen molar-refractivity contribution in [1.82, 2.24) is 9.88 Å². The SMILES string of the molecule is Cc1ccc(-n2cccc2/C=C2\SC(=O)NC2=O)cc1Cl. The second-order valence-electron chi connectivity index (χ2n) is 4.59. The second-order valence-corrected chi connectivity index (χ2v) is 6.01. The maximum absolute atomic E-state index is 11.6. The molecule has 2 aromatic rings. The van der Waals surface area contributed by atoms with Gasteiger partial charge in [-0.25, -0.2) is 0 Å². The smallest absolute Gasteiger partial charge is 0.290 e. The highest BCUT2D eigenvalue weighted by atomic mass is 35.5. The topological polar surface area (TPSA) is 51.1 Å². The number of thioether (sulfide) groups is 1. The summed E-state index contributed by atoms with van der Waals surface area (Å²) in [4.78, 5) is 23.2. The van der Waals surface area contributed by atoms with E-state index in [-0.39, 0.29) is 11.1 Å². The minimum Gasteiger partial charge on any atom is -0.317 e. The molecule has 0 spiro atoms. The minimum absolute atomic E-state index is 0.345. The molecule has 1 fully saturated rings. The molecule has 0 aliphatic carbocycles. The normalized spacial score (nSPS) is 16.6. The van der Waals surface area contributed by atoms with Gasteiger partial charge in [-0.2, -0.15) is 0 Å². The van der Waals surface area contributed by atoms with Crippen molar-refractivity contribution < 1.29 is 9.59 Å². The van der Waals surface area contributed by atoms with Crippen LogP contribution in [0.2, 0.25) is 5.02 Å². The fourth-order valence-corrected chi connectivity index (χ4v) is 2.88. The molecule has 0 bridgehead atoms. The molecule has 1 saturated heterocycles. The van der Waals surface area contributed by atoms with Crippen LogP contribution in [0.3, 0.4) is 0 Å². The number of aromatic nitrogens is 1. The molecule has 1 aromatic heterocycles. The van der Waals surface area contributed by atoms with Gasteiger partial charge >= 0.3 is 0 Å². The average molecular weight is 319 g/mol. The summed E-state index contributed by atoms with van der Waals surface area (Å²) in [7, 11) is 0. The van der Waals surface area contributed by atoms with E-state index in [0.29, 0.717) is 9.93 Å². The molecule has 1 aliphatic rings. The van der Waals surface area contributed by atoms with E-state index in [4.69, 9.17) is 11.6 Å². The quantitative estimate of drug-likeness (QED) is 0.858. The fourth-order valence-electron chi connectivity index (χ4n) is 2.03. The van der Waals surface area contributed by atoms with E-state index in [1.54, 1.807) is 6.08 Å². The molecule has 0 radical (unpaired) electrons. The van der Waals surface area contributed by atoms with E-state index in [0.717, 1.165) is 28.7 Å². The first-order valence-corrected chi connectivity index (χ1v) is 7.43. The summed E-state index contributed by atoms with van der Waals surface area (Å²) in [5, 5.41) is 2.58. The largest absolute Gasteiger partial charge is 0.317 e. The maximum atomic E-state index is 11.6. The summed E-state index contributed by atoms with van der Waals surface area (Å²) in [5.74, 6) is -0.361. The van der Waals surface area contributed by atoms with Gasteiger partial charge in [0.25, 0.3) is 11.1 Å². The van der Waals surface area contributed by atoms with Crippen molar-refractivity contribution in [3.05, 3.63) is 57.7 Å². The van der Waals surface area contributed by atoms with E-state index < -0.39 is 0 Å². The Hall–Kier alpha value is -1.98. The summed E-state index contributed by atoms with van der Waals surface area (Å²) in [6.45, 7) is 1.94. The molecule has 0 atom stereocenters. The first-order valence-electron chi connectivity index (χ1n) is 6.23. The van der Waals surface area contributed by atoms with Crippen LogP contribution in [0.5, 0.6) is 0 Å². The second kappa shape index (κ2) is 5.42. The van der Waals surface area contributed by atoms with Gasteiger partial charge in [-0.15, -0.1) is 0 Å². The lowest BCUT2D eigenvalue weighted by atomic mass is 10.2. The van der Waals surface area contributed by atoms with Gasteiger partial charge in [-0.05, 0) is 54.6 Å². The molecule has 21 heavy (non-hydrogen) atoms. The van der Waals surface area contributed by atoms with Gasteiger partial charge in [0.2, 0.25) is 0 Å². The monoisotopic (exact) mass is 318 g/mol. The standard InChI is InChI=1S/C15H11ClN2O2S/c1-9-4-5-11(7-12(9)16)18-6-2-3-10(18)8-13-14(19)17-15(20)21-13/h2-8H,1H3,(H,17,19,20)/b13-8-. The number of nitrogens with one attached hydrogen (secondary N) is 1. The highest BCUT2D eigenvalue weighted by Crippen LogP contribution is 2.27. The Kier molecular flexibility index (Phi) is 3.61. The Balaban J connectivity index is 2.01. The van der Waals surface area contributed by atoms with Crippen molar-refractivity contribution in [2.45, 2.75) is 6.92 Å². The lowest BCUT2D eigenvalue weighted by Gasteiger charge is -2.08. The van der Waals surface area contributed by atoms with Crippen LogP contribution in [0.25, 0.3) is 11.8 Å². The van der Waals surface area contributed by atoms with Crippen molar-refractivity contribution in [3.8, 4) is 5.69 Å². The van der Waals surface area contributed by atoms with Crippen molar-refractivity contribution in [2.75, 3.05) is 0 Å². The molecule has 2 heterocycles. The number of halogens is 1. The van der Waals surface area contributed by atoms with E-state index in [2.05, 4.69) is 5.32 Å². The Morgan fingerprint density at radius 1 is 1.29 bits per heavy atom. The number of carbonyl (C=O) groups excluding carboxylic acids is 2. The summed E-state index contributed by atoms with van der Waals surface area (Å²) in [6, 6.07) is 9.51. The molecule has 1 aromatic carbocycles. The molecular formula is C15H11ClN2O2S. The molecule has 2 amide bonds. The number of hydrogen-bond acceptors (Lipinski definition) is 3. The fraction of sp³-hybridized carbons (Fsp3) is 0.0667. The predicted molar refractivity (Wildman–Crippen MR) is 84.6 cm³/mol. The van der Waals surface area contributed by atoms with Crippen LogP contribution >= 0.6 is 23.4 Å². The van der Waals surface area contributed by atoms with Crippen LogP contribution in [0, 0.1) is 6.92 Å². The predicted octanol–water partition coefficient (Wildman–Crippen LogP) is 3.76. The number of carbonyl (C=O) groups is 2. The van der Waals surface area contributed by atoms with Gasteiger partial charge in [0.1, 0.15) is 0 Å². The van der Waals surface area contributed by atoms with Crippen LogP contribution in [0.1, 0.15) is 11.3 Å². The zero-order valence-electron chi connectivity index (χ0n) is 11.1. The van der Waals surface area contributed by atoms with Crippen LogP contribution in [-0.2, 0) is 4.79 Å². The third-order valence-electron chi connectivity index (χ3n) is 3.13. The molecule has 0 saturated carbocycles. The van der Waals surface area contributed by atoms with E-state index in [1.807, 2.05) is 48.0 Å². The highest BCUT2D eigenvalue weighted by molar-refractivity contribution is 8.18. The molecule has 6 heteroatoms. The van der Waals surface area contributed by atoms with Crippen LogP contribution in [0.15, 0.2) is 41.4 Å². The Morgan fingerprint density at radius 3 is 2.76 bits per heavy atom. The van der Waals surface area contributed by atoms with Gasteiger partial charge in [0.15, 0.2) is 0 Å². The molecule has 4 nitrogen and oxygen atoms in total. The summed E-state index contributed by atoms with van der Waals surface area (Å²) in [6.07, 6.45) is 3.57. The van der Waals surface area contributed by atoms with Gasteiger partial charge in [-0.3, -0.25) is 14.9 Å². The Labute approximate surface area is 130 Å². The van der Waals surface area contributed by atoms with E-state index in [1.165, 1.54) is 0 Å². The molecule has 1 N–H and O–H groups in total. The van der Waals surface area contributed by atoms with Crippen molar-refractivity contribution in [1.29, 1.82) is 0 Å². The number of nitrogens with zero attached hydrogens (tertiary/aromatic N) is 1. The van der Waals surface area contributed by atoms with Gasteiger partial charge < -0.3 is 4.57 Å². The summed E-state index contributed by atoms with van der Waals surface area (Å²) < 4.78 is 1.91. The summed E-state index contributed by atoms with van der Waals surface area (Å²) in [5.41, 5.74) is 2.71. The first-order chi connectivity index (χ1) is 10.0. The van der Waals surface area contributed by atoms with Crippen molar-refractivity contribution in [3.63, 3.8) is 0 Å². The zero-order chi connectivity index (χ0) is 15.0. The molecule has 1 aliphatic heterocycles. The van der Waals surface area contributed by atoms with Gasteiger partial charge in [-0.1, -0.05) is 17.7 Å². The first kappa shape index (κ1) is 14.0. The van der Waals surface area contributed by atoms with Gasteiger partial charge in [0.05, 0.1) is 4.91 Å². The van der Waals surface area contributed by atoms with Crippen LogP contribution < -0.4 is 5.32 Å². The lowest BCUT2D eigenvalue weighted by molar-refractivity contribution is -0.115. The number of rotatable bonds is 2. The number of imide groups is 1. The number of hydrogen-bond donors (Lipinski definition) is 1. The van der Waals surface area contributed by atoms with E-state index >= 15 is 0 Å². The van der Waals surface area contributed by atoms with Crippen LogP contribution in [-0.4, -0.2) is 15.7 Å². The van der Waals surface area contributed by atoms with Crippen molar-refractivity contribution >= 4 is 40.6 Å². The minimum atomic E-state index is -0.361. The Bertz CT molecular complexity index is 780.